The van der Waals surface area contributed by atoms with E-state index in [-0.39, 0.29) is 11.9 Å². The fourth-order valence-corrected chi connectivity index (χ4v) is 5.57. The average molecular weight is 580 g/mol. The molecule has 231 valence electrons. The number of esters is 1. The number of nitrogens with zero attached hydrogens (tertiary/aromatic N) is 4. The number of unbranched alkanes of at least 4 members (excludes halogenated alkanes) is 8. The van der Waals surface area contributed by atoms with Crippen LogP contribution in [0.3, 0.4) is 0 Å². The SMILES string of the molecule is CN(C)c1ccc(N=Nc2ccc(OCCCCCCCCCCCOC(=O)C3CC(C)(C)N([O])C3(C)C)cc2)cc1. The largest absolute Gasteiger partial charge is 0.494 e. The Balaban J connectivity index is 1.16. The summed E-state index contributed by atoms with van der Waals surface area (Å²) in [5.41, 5.74) is 1.52. The zero-order valence-electron chi connectivity index (χ0n) is 26.6. The van der Waals surface area contributed by atoms with Crippen LogP contribution in [0.2, 0.25) is 0 Å². The van der Waals surface area contributed by atoms with Gasteiger partial charge < -0.3 is 14.4 Å². The first-order valence-corrected chi connectivity index (χ1v) is 15.6. The third kappa shape index (κ3) is 10.1. The van der Waals surface area contributed by atoms with Crippen LogP contribution in [0, 0.1) is 5.92 Å². The number of azo groups is 1. The Kier molecular flexibility index (Phi) is 12.8. The number of hydroxylamine groups is 2. The first-order chi connectivity index (χ1) is 20.0. The molecule has 1 aliphatic heterocycles. The summed E-state index contributed by atoms with van der Waals surface area (Å²) in [7, 11) is 4.03. The summed E-state index contributed by atoms with van der Waals surface area (Å²) >= 11 is 0. The van der Waals surface area contributed by atoms with E-state index in [1.54, 1.807) is 0 Å². The highest BCUT2D eigenvalue weighted by Crippen LogP contribution is 2.44. The van der Waals surface area contributed by atoms with Crippen molar-refractivity contribution in [2.45, 2.75) is 103 Å². The lowest BCUT2D eigenvalue weighted by Crippen LogP contribution is -2.47. The molecule has 42 heavy (non-hydrogen) atoms. The molecular formula is C34H51N4O4. The van der Waals surface area contributed by atoms with Gasteiger partial charge in [0.1, 0.15) is 5.75 Å². The Hall–Kier alpha value is -2.97. The molecule has 1 radical (unpaired) electrons. The summed E-state index contributed by atoms with van der Waals surface area (Å²) in [6.45, 7) is 8.64. The van der Waals surface area contributed by atoms with Crippen molar-refractivity contribution in [3.05, 3.63) is 48.5 Å². The molecule has 1 saturated heterocycles. The number of hydrogen-bond donors (Lipinski definition) is 0. The molecule has 1 atom stereocenters. The van der Waals surface area contributed by atoms with Gasteiger partial charge in [-0.15, -0.1) is 10.3 Å². The third-order valence-electron chi connectivity index (χ3n) is 8.20. The molecule has 2 aromatic rings. The maximum absolute atomic E-state index is 12.6. The molecule has 1 unspecified atom stereocenters. The van der Waals surface area contributed by atoms with E-state index in [9.17, 15) is 10.0 Å². The smallest absolute Gasteiger partial charge is 0.310 e. The highest BCUT2D eigenvalue weighted by Gasteiger charge is 2.55. The van der Waals surface area contributed by atoms with Crippen LogP contribution in [0.4, 0.5) is 17.1 Å². The predicted molar refractivity (Wildman–Crippen MR) is 168 cm³/mol. The van der Waals surface area contributed by atoms with Crippen LogP contribution in [-0.4, -0.2) is 49.4 Å². The third-order valence-corrected chi connectivity index (χ3v) is 8.20. The van der Waals surface area contributed by atoms with Crippen molar-refractivity contribution in [2.24, 2.45) is 16.1 Å². The summed E-state index contributed by atoms with van der Waals surface area (Å²) in [6, 6.07) is 15.7. The highest BCUT2D eigenvalue weighted by atomic mass is 16.5. The van der Waals surface area contributed by atoms with Crippen molar-refractivity contribution >= 4 is 23.0 Å². The van der Waals surface area contributed by atoms with Crippen molar-refractivity contribution in [1.29, 1.82) is 0 Å². The van der Waals surface area contributed by atoms with Crippen LogP contribution in [0.5, 0.6) is 5.75 Å². The summed E-state index contributed by atoms with van der Waals surface area (Å²) < 4.78 is 11.4. The maximum atomic E-state index is 12.6. The molecule has 1 heterocycles. The Morgan fingerprint density at radius 3 is 1.74 bits per heavy atom. The molecule has 0 bridgehead atoms. The molecule has 0 aromatic heterocycles. The molecule has 8 nitrogen and oxygen atoms in total. The highest BCUT2D eigenvalue weighted by molar-refractivity contribution is 5.74. The summed E-state index contributed by atoms with van der Waals surface area (Å²) in [5.74, 6) is 0.269. The van der Waals surface area contributed by atoms with Gasteiger partial charge in [0.15, 0.2) is 0 Å². The summed E-state index contributed by atoms with van der Waals surface area (Å²) in [6.07, 6.45) is 10.8. The van der Waals surface area contributed by atoms with Gasteiger partial charge in [-0.2, -0.15) is 10.2 Å². The molecule has 0 N–H and O–H groups in total. The minimum absolute atomic E-state index is 0.225. The second-order valence-electron chi connectivity index (χ2n) is 12.8. The van der Waals surface area contributed by atoms with Crippen LogP contribution in [0.25, 0.3) is 0 Å². The normalized spacial score (nSPS) is 17.9. The second kappa shape index (κ2) is 16.0. The van der Waals surface area contributed by atoms with Crippen LogP contribution < -0.4 is 9.64 Å². The van der Waals surface area contributed by atoms with Crippen LogP contribution in [0.15, 0.2) is 58.8 Å². The van der Waals surface area contributed by atoms with E-state index in [4.69, 9.17) is 9.47 Å². The molecule has 1 aliphatic rings. The Labute approximate surface area is 253 Å². The lowest BCUT2D eigenvalue weighted by atomic mass is 9.87. The molecule has 0 spiro atoms. The van der Waals surface area contributed by atoms with Gasteiger partial charge >= 0.3 is 5.97 Å². The first-order valence-electron chi connectivity index (χ1n) is 15.6. The fourth-order valence-electron chi connectivity index (χ4n) is 5.57. The average Bonchev–Trinajstić information content (AvgIpc) is 3.13. The van der Waals surface area contributed by atoms with Gasteiger partial charge in [0, 0.05) is 25.3 Å². The van der Waals surface area contributed by atoms with Crippen molar-refractivity contribution < 1.29 is 19.5 Å². The molecule has 0 aliphatic carbocycles. The molecule has 8 heteroatoms. The van der Waals surface area contributed by atoms with Crippen molar-refractivity contribution in [2.75, 3.05) is 32.2 Å². The van der Waals surface area contributed by atoms with E-state index in [2.05, 4.69) is 15.1 Å². The van der Waals surface area contributed by atoms with E-state index in [0.717, 1.165) is 60.2 Å². The summed E-state index contributed by atoms with van der Waals surface area (Å²) in [4.78, 5) is 14.6. The number of rotatable bonds is 17. The molecule has 1 fully saturated rings. The monoisotopic (exact) mass is 579 g/mol. The lowest BCUT2D eigenvalue weighted by molar-refractivity contribution is -0.248. The molecule has 3 rings (SSSR count). The Morgan fingerprint density at radius 1 is 0.786 bits per heavy atom. The second-order valence-corrected chi connectivity index (χ2v) is 12.8. The topological polar surface area (TPSA) is 86.6 Å². The minimum Gasteiger partial charge on any atom is -0.494 e. The Bertz CT molecular complexity index is 1110. The standard InChI is InChI=1S/C34H51N4O4/c1-33(2)26-31(34(3,4)38(33)40)32(39)42-25-15-13-11-9-7-8-10-12-14-24-41-30-22-18-28(19-23-30)36-35-27-16-20-29(21-17-27)37(5)6/h16-23,31H,7-15,24-26H2,1-6H3. The first kappa shape index (κ1) is 33.5. The molecular weight excluding hydrogens is 528 g/mol. The summed E-state index contributed by atoms with van der Waals surface area (Å²) in [5, 5.41) is 22.2. The van der Waals surface area contributed by atoms with E-state index >= 15 is 0 Å². The van der Waals surface area contributed by atoms with Gasteiger partial charge in [0.2, 0.25) is 0 Å². The van der Waals surface area contributed by atoms with Crippen molar-refractivity contribution in [3.63, 3.8) is 0 Å². The van der Waals surface area contributed by atoms with Gasteiger partial charge in [-0.1, -0.05) is 44.9 Å². The van der Waals surface area contributed by atoms with Crippen LogP contribution in [-0.2, 0) is 14.7 Å². The van der Waals surface area contributed by atoms with Crippen LogP contribution in [0.1, 0.15) is 91.9 Å². The maximum Gasteiger partial charge on any atom is 0.310 e. The molecule has 0 saturated carbocycles. The number of benzene rings is 2. The minimum atomic E-state index is -0.716. The van der Waals surface area contributed by atoms with Crippen molar-refractivity contribution in [3.8, 4) is 5.75 Å². The number of carbonyl (C=O) groups is 1. The number of carbonyl (C=O) groups excluding carboxylic acids is 1. The molecule has 0 amide bonds. The molecule has 2 aromatic carbocycles. The van der Waals surface area contributed by atoms with Gasteiger partial charge in [0.05, 0.1) is 36.0 Å². The number of ether oxygens (including phenoxy) is 2. The van der Waals surface area contributed by atoms with E-state index in [1.807, 2.05) is 90.3 Å². The quantitative estimate of drug-likeness (QED) is 0.106. The van der Waals surface area contributed by atoms with E-state index < -0.39 is 11.1 Å². The zero-order chi connectivity index (χ0) is 30.6. The van der Waals surface area contributed by atoms with Crippen LogP contribution >= 0.6 is 0 Å². The van der Waals surface area contributed by atoms with Gasteiger partial charge in [-0.05, 0) is 95.5 Å². The number of hydrogen-bond acceptors (Lipinski definition) is 7. The van der Waals surface area contributed by atoms with E-state index in [0.29, 0.717) is 13.0 Å². The number of anilines is 1. The fraction of sp³-hybridized carbons (Fsp3) is 0.618. The van der Waals surface area contributed by atoms with E-state index in [1.165, 1.54) is 32.1 Å². The van der Waals surface area contributed by atoms with Gasteiger partial charge in [0.25, 0.3) is 0 Å². The van der Waals surface area contributed by atoms with Crippen molar-refractivity contribution in [1.82, 2.24) is 5.06 Å². The zero-order valence-corrected chi connectivity index (χ0v) is 26.6. The Morgan fingerprint density at radius 2 is 1.26 bits per heavy atom. The van der Waals surface area contributed by atoms with Gasteiger partial charge in [-0.25, -0.2) is 0 Å². The van der Waals surface area contributed by atoms with Gasteiger partial charge in [-0.3, -0.25) is 4.79 Å². The lowest BCUT2D eigenvalue weighted by Gasteiger charge is -2.32. The predicted octanol–water partition coefficient (Wildman–Crippen LogP) is 8.83.